The minimum Gasteiger partial charge on any atom is -0.349 e. The minimum absolute atomic E-state index is 0.0270. The third kappa shape index (κ3) is 5.00. The highest BCUT2D eigenvalue weighted by molar-refractivity contribution is 7.91. The topological polar surface area (TPSA) is 101 Å². The van der Waals surface area contributed by atoms with Gasteiger partial charge in [-0.2, -0.15) is 4.31 Å². The molecule has 3 rings (SSSR count). The lowest BCUT2D eigenvalue weighted by molar-refractivity contribution is 0.0928. The van der Waals surface area contributed by atoms with E-state index in [4.69, 9.17) is 11.6 Å². The third-order valence-corrected chi connectivity index (χ3v) is 9.19. The zero-order chi connectivity index (χ0) is 21.4. The molecule has 1 saturated heterocycles. The number of sulfonamides is 1. The summed E-state index contributed by atoms with van der Waals surface area (Å²) < 4.78 is 50.8. The number of rotatable bonds is 5. The van der Waals surface area contributed by atoms with Gasteiger partial charge in [-0.25, -0.2) is 16.8 Å². The molecule has 0 radical (unpaired) electrons. The van der Waals surface area contributed by atoms with Crippen molar-refractivity contribution in [1.29, 1.82) is 0 Å². The number of sulfone groups is 1. The lowest BCUT2D eigenvalue weighted by Gasteiger charge is -2.31. The molecule has 2 heterocycles. The summed E-state index contributed by atoms with van der Waals surface area (Å²) in [6.07, 6.45) is 1.92. The molecule has 1 amide bonds. The Balaban J connectivity index is 1.71. The van der Waals surface area contributed by atoms with Crippen LogP contribution in [-0.4, -0.2) is 52.4 Å². The number of piperidine rings is 1. The molecule has 2 aromatic rings. The number of nitrogens with zero attached hydrogens (tertiary/aromatic N) is 1. The van der Waals surface area contributed by atoms with Crippen LogP contribution in [0.4, 0.5) is 0 Å². The summed E-state index contributed by atoms with van der Waals surface area (Å²) in [5.74, 6) is -0.159. The molecule has 29 heavy (non-hydrogen) atoms. The molecule has 1 aliphatic rings. The van der Waals surface area contributed by atoms with Crippen molar-refractivity contribution in [2.75, 3.05) is 19.3 Å². The van der Waals surface area contributed by atoms with Gasteiger partial charge in [-0.05, 0) is 50.1 Å². The fourth-order valence-electron chi connectivity index (χ4n) is 3.10. The fraction of sp³-hybridized carbons (Fsp3) is 0.389. The second-order valence-corrected chi connectivity index (χ2v) is 12.5. The van der Waals surface area contributed by atoms with Crippen LogP contribution in [0, 0.1) is 6.92 Å². The normalized spacial score (nSPS) is 16.7. The van der Waals surface area contributed by atoms with E-state index in [0.717, 1.165) is 17.2 Å². The average Bonchev–Trinajstić information content (AvgIpc) is 3.08. The van der Waals surface area contributed by atoms with Gasteiger partial charge in [0.25, 0.3) is 5.91 Å². The second-order valence-electron chi connectivity index (χ2n) is 6.93. The van der Waals surface area contributed by atoms with Crippen LogP contribution >= 0.6 is 22.9 Å². The number of benzene rings is 1. The van der Waals surface area contributed by atoms with Gasteiger partial charge in [0, 0.05) is 30.3 Å². The van der Waals surface area contributed by atoms with E-state index in [1.165, 1.54) is 27.8 Å². The summed E-state index contributed by atoms with van der Waals surface area (Å²) in [7, 11) is -7.52. The van der Waals surface area contributed by atoms with Gasteiger partial charge >= 0.3 is 0 Å². The first-order valence-corrected chi connectivity index (χ1v) is 13.4. The van der Waals surface area contributed by atoms with Crippen LogP contribution in [0.3, 0.4) is 0 Å². The Morgan fingerprint density at radius 2 is 1.79 bits per heavy atom. The van der Waals surface area contributed by atoms with Crippen LogP contribution in [0.15, 0.2) is 40.1 Å². The minimum atomic E-state index is -3.95. The monoisotopic (exact) mass is 476 g/mol. The maximum absolute atomic E-state index is 13.0. The number of hydrogen-bond donors (Lipinski definition) is 1. The van der Waals surface area contributed by atoms with Gasteiger partial charge in [-0.3, -0.25) is 4.79 Å². The number of carbonyl (C=O) groups excluding carboxylic acids is 1. The average molecular weight is 477 g/mol. The summed E-state index contributed by atoms with van der Waals surface area (Å²) in [6, 6.07) is 7.18. The number of halogens is 1. The SMILES string of the molecule is Cc1ccc(C(=O)NC2CCN(S(=O)(=O)c3cc(S(C)(=O)=O)ccc3Cl)CC2)s1. The van der Waals surface area contributed by atoms with Crippen LogP contribution in [0.25, 0.3) is 0 Å². The van der Waals surface area contributed by atoms with Gasteiger partial charge in [-0.1, -0.05) is 11.6 Å². The summed E-state index contributed by atoms with van der Waals surface area (Å²) in [5.41, 5.74) is 0. The van der Waals surface area contributed by atoms with E-state index in [0.29, 0.717) is 17.7 Å². The summed E-state index contributed by atoms with van der Waals surface area (Å²) in [4.78, 5) is 13.6. The van der Waals surface area contributed by atoms with Crippen molar-refractivity contribution in [2.45, 2.75) is 35.6 Å². The smallest absolute Gasteiger partial charge is 0.261 e. The molecule has 1 aromatic carbocycles. The van der Waals surface area contributed by atoms with E-state index in [2.05, 4.69) is 5.32 Å². The lowest BCUT2D eigenvalue weighted by atomic mass is 10.1. The first kappa shape index (κ1) is 22.2. The van der Waals surface area contributed by atoms with E-state index < -0.39 is 19.9 Å². The van der Waals surface area contributed by atoms with Crippen molar-refractivity contribution < 1.29 is 21.6 Å². The van der Waals surface area contributed by atoms with Gasteiger partial charge in [0.2, 0.25) is 10.0 Å². The van der Waals surface area contributed by atoms with Crippen molar-refractivity contribution in [3.05, 3.63) is 45.1 Å². The molecular weight excluding hydrogens is 456 g/mol. The number of aryl methyl sites for hydroxylation is 1. The molecule has 0 aliphatic carbocycles. The van der Waals surface area contributed by atoms with E-state index in [-0.39, 0.29) is 39.9 Å². The molecular formula is C18H21ClN2O5S3. The molecule has 11 heteroatoms. The molecule has 1 N–H and O–H groups in total. The van der Waals surface area contributed by atoms with Crippen LogP contribution < -0.4 is 5.32 Å². The first-order valence-electron chi connectivity index (χ1n) is 8.85. The Labute approximate surface area is 179 Å². The highest BCUT2D eigenvalue weighted by Gasteiger charge is 2.32. The van der Waals surface area contributed by atoms with Crippen molar-refractivity contribution >= 4 is 48.7 Å². The van der Waals surface area contributed by atoms with E-state index >= 15 is 0 Å². The van der Waals surface area contributed by atoms with Gasteiger partial charge in [0.15, 0.2) is 9.84 Å². The van der Waals surface area contributed by atoms with Gasteiger partial charge < -0.3 is 5.32 Å². The van der Waals surface area contributed by atoms with Gasteiger partial charge in [0.1, 0.15) is 4.90 Å². The molecule has 1 aromatic heterocycles. The van der Waals surface area contributed by atoms with Crippen molar-refractivity contribution in [3.63, 3.8) is 0 Å². The number of carbonyl (C=O) groups is 1. The third-order valence-electron chi connectivity index (χ3n) is 4.70. The van der Waals surface area contributed by atoms with Gasteiger partial charge in [-0.15, -0.1) is 11.3 Å². The van der Waals surface area contributed by atoms with Crippen LogP contribution in [0.1, 0.15) is 27.4 Å². The quantitative estimate of drug-likeness (QED) is 0.715. The molecule has 0 spiro atoms. The standard InChI is InChI=1S/C18H21ClN2O5S3/c1-12-3-6-16(27-12)18(22)20-13-7-9-21(10-8-13)29(25,26)17-11-14(28(2,23)24)4-5-15(17)19/h3-6,11,13H,7-10H2,1-2H3,(H,20,22). The van der Waals surface area contributed by atoms with E-state index in [9.17, 15) is 21.6 Å². The van der Waals surface area contributed by atoms with E-state index in [1.54, 1.807) is 6.07 Å². The zero-order valence-electron chi connectivity index (χ0n) is 15.9. The predicted molar refractivity (Wildman–Crippen MR) is 113 cm³/mol. The number of amides is 1. The van der Waals surface area contributed by atoms with Crippen LogP contribution in [-0.2, 0) is 19.9 Å². The maximum atomic E-state index is 13.0. The largest absolute Gasteiger partial charge is 0.349 e. The predicted octanol–water partition coefficient (Wildman–Crippen LogP) is 2.70. The van der Waals surface area contributed by atoms with Crippen molar-refractivity contribution in [3.8, 4) is 0 Å². The summed E-state index contributed by atoms with van der Waals surface area (Å²) in [6.45, 7) is 2.33. The van der Waals surface area contributed by atoms with E-state index in [1.807, 2.05) is 13.0 Å². The molecule has 0 atom stereocenters. The van der Waals surface area contributed by atoms with Crippen molar-refractivity contribution in [1.82, 2.24) is 9.62 Å². The molecule has 158 valence electrons. The molecule has 0 unspecified atom stereocenters. The first-order chi connectivity index (χ1) is 13.5. The Hall–Kier alpha value is -1.46. The summed E-state index contributed by atoms with van der Waals surface area (Å²) in [5, 5.41) is 2.92. The zero-order valence-corrected chi connectivity index (χ0v) is 19.1. The Kier molecular flexibility index (Phi) is 6.40. The lowest BCUT2D eigenvalue weighted by Crippen LogP contribution is -2.46. The maximum Gasteiger partial charge on any atom is 0.261 e. The Bertz CT molecular complexity index is 1130. The molecule has 7 nitrogen and oxygen atoms in total. The van der Waals surface area contributed by atoms with Gasteiger partial charge in [0.05, 0.1) is 14.8 Å². The Morgan fingerprint density at radius 3 is 2.34 bits per heavy atom. The number of nitrogens with one attached hydrogen (secondary N) is 1. The second kappa shape index (κ2) is 8.35. The summed E-state index contributed by atoms with van der Waals surface area (Å²) >= 11 is 7.47. The molecule has 1 fully saturated rings. The highest BCUT2D eigenvalue weighted by Crippen LogP contribution is 2.29. The van der Waals surface area contributed by atoms with Crippen LogP contribution in [0.2, 0.25) is 5.02 Å². The highest BCUT2D eigenvalue weighted by atomic mass is 35.5. The number of hydrogen-bond acceptors (Lipinski definition) is 6. The van der Waals surface area contributed by atoms with Crippen molar-refractivity contribution in [2.24, 2.45) is 0 Å². The Morgan fingerprint density at radius 1 is 1.14 bits per heavy atom. The molecule has 0 saturated carbocycles. The fourth-order valence-corrected chi connectivity index (χ4v) is 6.57. The molecule has 1 aliphatic heterocycles. The molecule has 0 bridgehead atoms. The van der Waals surface area contributed by atoms with Crippen LogP contribution in [0.5, 0.6) is 0 Å². The number of thiophene rings is 1.